The Morgan fingerprint density at radius 1 is 1.47 bits per heavy atom. The minimum absolute atomic E-state index is 0.233. The van der Waals surface area contributed by atoms with Crippen LogP contribution in [0, 0.1) is 5.92 Å². The quantitative estimate of drug-likeness (QED) is 0.783. The Labute approximate surface area is 102 Å². The molecule has 0 N–H and O–H groups in total. The third-order valence-corrected chi connectivity index (χ3v) is 3.30. The molecule has 3 nitrogen and oxygen atoms in total. The largest absolute Gasteiger partial charge is 0.449 e. The van der Waals surface area contributed by atoms with Crippen LogP contribution in [-0.2, 0) is 4.74 Å². The molecule has 0 saturated heterocycles. The Hall–Kier alpha value is -1.51. The molecule has 92 valence electrons. The number of ether oxygens (including phenoxy) is 1. The highest BCUT2D eigenvalue weighted by Crippen LogP contribution is 2.40. The van der Waals surface area contributed by atoms with Crippen molar-refractivity contribution < 1.29 is 9.53 Å². The number of carbonyl (C=O) groups is 1. The molecule has 1 heterocycles. The molecule has 0 radical (unpaired) electrons. The minimum Gasteiger partial charge on any atom is -0.449 e. The van der Waals surface area contributed by atoms with E-state index in [1.807, 2.05) is 25.1 Å². The summed E-state index contributed by atoms with van der Waals surface area (Å²) in [6, 6.07) is 8.10. The Morgan fingerprint density at radius 2 is 2.18 bits per heavy atom. The zero-order valence-corrected chi connectivity index (χ0v) is 10.6. The van der Waals surface area contributed by atoms with Gasteiger partial charge in [0.25, 0.3) is 0 Å². The van der Waals surface area contributed by atoms with Gasteiger partial charge in [0.15, 0.2) is 0 Å². The van der Waals surface area contributed by atoms with Gasteiger partial charge in [-0.25, -0.2) is 4.79 Å². The molecule has 2 rings (SSSR count). The zero-order valence-electron chi connectivity index (χ0n) is 10.6. The summed E-state index contributed by atoms with van der Waals surface area (Å²) in [5, 5.41) is 0. The molecule has 1 aromatic rings. The van der Waals surface area contributed by atoms with Gasteiger partial charge >= 0.3 is 6.09 Å². The Bertz CT molecular complexity index is 414. The van der Waals surface area contributed by atoms with Gasteiger partial charge in [-0.2, -0.15) is 0 Å². The lowest BCUT2D eigenvalue weighted by atomic mass is 9.90. The SMILES string of the molecule is CCOC(=O)N1CC(C(C)C)c2ccccc21. The van der Waals surface area contributed by atoms with Crippen LogP contribution < -0.4 is 4.90 Å². The molecule has 1 unspecified atom stereocenters. The van der Waals surface area contributed by atoms with Crippen LogP contribution in [0.2, 0.25) is 0 Å². The number of anilines is 1. The Balaban J connectivity index is 2.31. The Morgan fingerprint density at radius 3 is 2.82 bits per heavy atom. The molecule has 0 fully saturated rings. The molecule has 0 saturated carbocycles. The fourth-order valence-corrected chi connectivity index (χ4v) is 2.38. The maximum Gasteiger partial charge on any atom is 0.414 e. The predicted molar refractivity (Wildman–Crippen MR) is 68.4 cm³/mol. The summed E-state index contributed by atoms with van der Waals surface area (Å²) in [6.45, 7) is 7.37. The van der Waals surface area contributed by atoms with Gasteiger partial charge in [0, 0.05) is 12.5 Å². The predicted octanol–water partition coefficient (Wildman–Crippen LogP) is 3.40. The van der Waals surface area contributed by atoms with E-state index in [1.54, 1.807) is 4.90 Å². The second-order valence-electron chi connectivity index (χ2n) is 4.72. The molecule has 1 atom stereocenters. The van der Waals surface area contributed by atoms with Crippen LogP contribution in [-0.4, -0.2) is 19.2 Å². The molecule has 0 bridgehead atoms. The monoisotopic (exact) mass is 233 g/mol. The number of para-hydroxylation sites is 1. The lowest BCUT2D eigenvalue weighted by Crippen LogP contribution is -2.31. The van der Waals surface area contributed by atoms with E-state index in [9.17, 15) is 4.79 Å². The summed E-state index contributed by atoms with van der Waals surface area (Å²) >= 11 is 0. The normalized spacial score (nSPS) is 18.4. The average Bonchev–Trinajstić information content (AvgIpc) is 2.69. The van der Waals surface area contributed by atoms with Crippen molar-refractivity contribution in [1.29, 1.82) is 0 Å². The van der Waals surface area contributed by atoms with E-state index >= 15 is 0 Å². The highest BCUT2D eigenvalue weighted by Gasteiger charge is 2.34. The summed E-state index contributed by atoms with van der Waals surface area (Å²) in [5.41, 5.74) is 2.26. The molecule has 17 heavy (non-hydrogen) atoms. The fraction of sp³-hybridized carbons (Fsp3) is 0.500. The first-order chi connectivity index (χ1) is 8.15. The van der Waals surface area contributed by atoms with Gasteiger partial charge in [-0.1, -0.05) is 32.0 Å². The third-order valence-electron chi connectivity index (χ3n) is 3.30. The van der Waals surface area contributed by atoms with Crippen molar-refractivity contribution in [2.75, 3.05) is 18.1 Å². The van der Waals surface area contributed by atoms with E-state index in [0.29, 0.717) is 18.4 Å². The second-order valence-corrected chi connectivity index (χ2v) is 4.72. The number of rotatable bonds is 2. The van der Waals surface area contributed by atoms with Crippen LogP contribution in [0.1, 0.15) is 32.3 Å². The van der Waals surface area contributed by atoms with Crippen LogP contribution >= 0.6 is 0 Å². The van der Waals surface area contributed by atoms with Gasteiger partial charge in [0.05, 0.1) is 12.3 Å². The highest BCUT2D eigenvalue weighted by atomic mass is 16.6. The van der Waals surface area contributed by atoms with E-state index in [4.69, 9.17) is 4.74 Å². The molecular formula is C14H19NO2. The molecule has 0 spiro atoms. The van der Waals surface area contributed by atoms with Gasteiger partial charge in [-0.3, -0.25) is 4.90 Å². The van der Waals surface area contributed by atoms with E-state index in [-0.39, 0.29) is 6.09 Å². The summed E-state index contributed by atoms with van der Waals surface area (Å²) in [6.07, 6.45) is -0.233. The first-order valence-electron chi connectivity index (χ1n) is 6.18. The summed E-state index contributed by atoms with van der Waals surface area (Å²) < 4.78 is 5.10. The first-order valence-corrected chi connectivity index (χ1v) is 6.18. The molecule has 0 aliphatic carbocycles. The number of benzene rings is 1. The number of hydrogen-bond acceptors (Lipinski definition) is 2. The molecule has 1 aromatic carbocycles. The van der Waals surface area contributed by atoms with Crippen molar-refractivity contribution in [2.24, 2.45) is 5.92 Å². The third kappa shape index (κ3) is 2.14. The van der Waals surface area contributed by atoms with Gasteiger partial charge in [-0.15, -0.1) is 0 Å². The van der Waals surface area contributed by atoms with Crippen molar-refractivity contribution in [3.8, 4) is 0 Å². The van der Waals surface area contributed by atoms with Gasteiger partial charge in [0.2, 0.25) is 0 Å². The lowest BCUT2D eigenvalue weighted by molar-refractivity contribution is 0.160. The van der Waals surface area contributed by atoms with Crippen molar-refractivity contribution in [2.45, 2.75) is 26.7 Å². The maximum absolute atomic E-state index is 11.9. The smallest absolute Gasteiger partial charge is 0.414 e. The van der Waals surface area contributed by atoms with Crippen molar-refractivity contribution in [3.63, 3.8) is 0 Å². The van der Waals surface area contributed by atoms with Crippen LogP contribution in [0.5, 0.6) is 0 Å². The fourth-order valence-electron chi connectivity index (χ4n) is 2.38. The average molecular weight is 233 g/mol. The molecule has 1 aliphatic rings. The van der Waals surface area contributed by atoms with Crippen LogP contribution in [0.15, 0.2) is 24.3 Å². The van der Waals surface area contributed by atoms with E-state index in [1.165, 1.54) is 5.56 Å². The first kappa shape index (κ1) is 12.0. The summed E-state index contributed by atoms with van der Waals surface area (Å²) in [7, 11) is 0. The van der Waals surface area contributed by atoms with Gasteiger partial charge < -0.3 is 4.74 Å². The molecule has 0 aromatic heterocycles. The highest BCUT2D eigenvalue weighted by molar-refractivity contribution is 5.90. The topological polar surface area (TPSA) is 29.5 Å². The van der Waals surface area contributed by atoms with E-state index < -0.39 is 0 Å². The maximum atomic E-state index is 11.9. The van der Waals surface area contributed by atoms with E-state index in [2.05, 4.69) is 19.9 Å². The molecule has 1 amide bonds. The Kier molecular flexibility index (Phi) is 3.36. The van der Waals surface area contributed by atoms with Gasteiger partial charge in [-0.05, 0) is 24.5 Å². The van der Waals surface area contributed by atoms with Crippen molar-refractivity contribution in [1.82, 2.24) is 0 Å². The number of fused-ring (bicyclic) bond motifs is 1. The summed E-state index contributed by atoms with van der Waals surface area (Å²) in [5.74, 6) is 0.936. The standard InChI is InChI=1S/C14H19NO2/c1-4-17-14(16)15-9-12(10(2)3)11-7-5-6-8-13(11)15/h5-8,10,12H,4,9H2,1-3H3. The van der Waals surface area contributed by atoms with Crippen molar-refractivity contribution in [3.05, 3.63) is 29.8 Å². The van der Waals surface area contributed by atoms with Crippen molar-refractivity contribution >= 4 is 11.8 Å². The summed E-state index contributed by atoms with van der Waals surface area (Å²) in [4.78, 5) is 13.6. The van der Waals surface area contributed by atoms with Crippen LogP contribution in [0.25, 0.3) is 0 Å². The molecule has 3 heteroatoms. The number of amides is 1. The molecule has 1 aliphatic heterocycles. The zero-order chi connectivity index (χ0) is 12.4. The van der Waals surface area contributed by atoms with Gasteiger partial charge in [0.1, 0.15) is 0 Å². The second kappa shape index (κ2) is 4.78. The number of carbonyl (C=O) groups excluding carboxylic acids is 1. The number of hydrogen-bond donors (Lipinski definition) is 0. The van der Waals surface area contributed by atoms with Crippen LogP contribution in [0.4, 0.5) is 10.5 Å². The number of nitrogens with zero attached hydrogens (tertiary/aromatic N) is 1. The molecular weight excluding hydrogens is 214 g/mol. The lowest BCUT2D eigenvalue weighted by Gasteiger charge is -2.18. The van der Waals surface area contributed by atoms with E-state index in [0.717, 1.165) is 12.2 Å². The minimum atomic E-state index is -0.233. The van der Waals surface area contributed by atoms with Crippen LogP contribution in [0.3, 0.4) is 0 Å².